The fourth-order valence-electron chi connectivity index (χ4n) is 2.99. The van der Waals surface area contributed by atoms with Crippen LogP contribution < -0.4 is 0 Å². The van der Waals surface area contributed by atoms with E-state index in [1.165, 1.54) is 0 Å². The number of sulfonamides is 1. The second kappa shape index (κ2) is 4.62. The highest BCUT2D eigenvalue weighted by atomic mass is 32.2. The lowest BCUT2D eigenvalue weighted by molar-refractivity contribution is -0.142. The number of hydrogen-bond donors (Lipinski definition) is 1. The highest BCUT2D eigenvalue weighted by molar-refractivity contribution is 7.89. The molecular formula is C10H14F3NO4S. The molecule has 0 aromatic rings. The number of carboxylic acids is 1. The number of carboxylic acid groups (broad SMARTS) is 1. The summed E-state index contributed by atoms with van der Waals surface area (Å²) in [4.78, 5) is 11.0. The molecule has 2 fully saturated rings. The van der Waals surface area contributed by atoms with Gasteiger partial charge >= 0.3 is 12.1 Å². The second-order valence-electron chi connectivity index (χ2n) is 4.99. The van der Waals surface area contributed by atoms with Crippen molar-refractivity contribution in [1.29, 1.82) is 0 Å². The summed E-state index contributed by atoms with van der Waals surface area (Å²) >= 11 is 0. The highest BCUT2D eigenvalue weighted by Crippen LogP contribution is 2.44. The first-order chi connectivity index (χ1) is 8.62. The summed E-state index contributed by atoms with van der Waals surface area (Å²) in [5.74, 6) is -2.88. The van der Waals surface area contributed by atoms with Crippen LogP contribution in [0.4, 0.5) is 13.2 Å². The van der Waals surface area contributed by atoms with Crippen LogP contribution in [0.25, 0.3) is 0 Å². The van der Waals surface area contributed by atoms with Crippen molar-refractivity contribution in [2.45, 2.75) is 43.9 Å². The number of halogens is 3. The Morgan fingerprint density at radius 1 is 1.32 bits per heavy atom. The molecule has 2 rings (SSSR count). The van der Waals surface area contributed by atoms with E-state index >= 15 is 0 Å². The third-order valence-corrected chi connectivity index (χ3v) is 5.69. The molecule has 0 spiro atoms. The molecule has 3 atom stereocenters. The van der Waals surface area contributed by atoms with Gasteiger partial charge in [-0.25, -0.2) is 8.42 Å². The van der Waals surface area contributed by atoms with Crippen molar-refractivity contribution < 1.29 is 31.5 Å². The van der Waals surface area contributed by atoms with Gasteiger partial charge in [-0.2, -0.15) is 17.5 Å². The maximum atomic E-state index is 12.1. The summed E-state index contributed by atoms with van der Waals surface area (Å²) in [6, 6.07) is -1.13. The Morgan fingerprint density at radius 2 is 1.95 bits per heavy atom. The molecule has 2 aliphatic heterocycles. The third-order valence-electron chi connectivity index (χ3n) is 3.75. The second-order valence-corrected chi connectivity index (χ2v) is 6.98. The standard InChI is InChI=1S/C10H14F3NO4S/c11-10(12,13)3-4-19(17,18)14-6-1-2-8(14)7(5-6)9(15)16/h6-8H,1-5H2,(H,15,16). The average Bonchev–Trinajstić information content (AvgIpc) is 2.83. The zero-order valence-electron chi connectivity index (χ0n) is 9.93. The molecular weight excluding hydrogens is 287 g/mol. The van der Waals surface area contributed by atoms with E-state index in [-0.39, 0.29) is 6.42 Å². The number of carbonyl (C=O) groups is 1. The molecule has 9 heteroatoms. The minimum absolute atomic E-state index is 0.200. The first-order valence-electron chi connectivity index (χ1n) is 5.92. The van der Waals surface area contributed by atoms with E-state index in [2.05, 4.69) is 0 Å². The van der Waals surface area contributed by atoms with Gasteiger partial charge in [0.15, 0.2) is 0 Å². The molecule has 0 amide bonds. The lowest BCUT2D eigenvalue weighted by atomic mass is 9.89. The van der Waals surface area contributed by atoms with Gasteiger partial charge in [-0.05, 0) is 19.3 Å². The van der Waals surface area contributed by atoms with Gasteiger partial charge in [0, 0.05) is 12.1 Å². The van der Waals surface area contributed by atoms with E-state index in [1.807, 2.05) is 0 Å². The number of fused-ring (bicyclic) bond motifs is 2. The van der Waals surface area contributed by atoms with E-state index in [0.29, 0.717) is 12.8 Å². The topological polar surface area (TPSA) is 74.7 Å². The largest absolute Gasteiger partial charge is 0.481 e. The van der Waals surface area contributed by atoms with Crippen molar-refractivity contribution in [3.63, 3.8) is 0 Å². The minimum Gasteiger partial charge on any atom is -0.481 e. The smallest absolute Gasteiger partial charge is 0.390 e. The quantitative estimate of drug-likeness (QED) is 0.847. The van der Waals surface area contributed by atoms with Gasteiger partial charge in [0.1, 0.15) is 0 Å². The van der Waals surface area contributed by atoms with Crippen LogP contribution in [0.1, 0.15) is 25.7 Å². The monoisotopic (exact) mass is 301 g/mol. The fourth-order valence-corrected chi connectivity index (χ4v) is 5.00. The van der Waals surface area contributed by atoms with Gasteiger partial charge in [0.2, 0.25) is 10.0 Å². The summed E-state index contributed by atoms with van der Waals surface area (Å²) in [5.41, 5.74) is 0. The van der Waals surface area contributed by atoms with Crippen LogP contribution in [0.15, 0.2) is 0 Å². The zero-order valence-corrected chi connectivity index (χ0v) is 10.7. The van der Waals surface area contributed by atoms with Crippen molar-refractivity contribution >= 4 is 16.0 Å². The zero-order chi connectivity index (χ0) is 14.4. The molecule has 110 valence electrons. The Labute approximate surface area is 108 Å². The molecule has 0 saturated carbocycles. The van der Waals surface area contributed by atoms with Gasteiger partial charge < -0.3 is 5.11 Å². The molecule has 0 aliphatic carbocycles. The van der Waals surface area contributed by atoms with Crippen LogP contribution in [-0.2, 0) is 14.8 Å². The maximum absolute atomic E-state index is 12.1. The first-order valence-corrected chi connectivity index (χ1v) is 7.53. The summed E-state index contributed by atoms with van der Waals surface area (Å²) in [6.45, 7) is 0. The molecule has 0 radical (unpaired) electrons. The Morgan fingerprint density at radius 3 is 2.42 bits per heavy atom. The van der Waals surface area contributed by atoms with Crippen LogP contribution in [0.3, 0.4) is 0 Å². The van der Waals surface area contributed by atoms with Crippen molar-refractivity contribution in [3.8, 4) is 0 Å². The van der Waals surface area contributed by atoms with E-state index in [1.54, 1.807) is 0 Å². The SMILES string of the molecule is O=C(O)C1CC2CCC1N2S(=O)(=O)CCC(F)(F)F. The Kier molecular flexibility index (Phi) is 3.54. The van der Waals surface area contributed by atoms with Gasteiger partial charge in [0.05, 0.1) is 18.1 Å². The molecule has 2 aliphatic rings. The van der Waals surface area contributed by atoms with Crippen LogP contribution in [0, 0.1) is 5.92 Å². The van der Waals surface area contributed by atoms with Crippen molar-refractivity contribution in [1.82, 2.24) is 4.31 Å². The highest BCUT2D eigenvalue weighted by Gasteiger charge is 2.54. The van der Waals surface area contributed by atoms with Crippen LogP contribution in [0.2, 0.25) is 0 Å². The normalized spacial score (nSPS) is 31.8. The number of rotatable bonds is 4. The van der Waals surface area contributed by atoms with Gasteiger partial charge in [-0.15, -0.1) is 0 Å². The Balaban J connectivity index is 2.12. The van der Waals surface area contributed by atoms with Crippen molar-refractivity contribution in [3.05, 3.63) is 0 Å². The maximum Gasteiger partial charge on any atom is 0.390 e. The molecule has 2 saturated heterocycles. The number of nitrogens with zero attached hydrogens (tertiary/aromatic N) is 1. The number of hydrogen-bond acceptors (Lipinski definition) is 3. The van der Waals surface area contributed by atoms with Crippen LogP contribution in [-0.4, -0.2) is 47.8 Å². The van der Waals surface area contributed by atoms with Crippen LogP contribution >= 0.6 is 0 Å². The fraction of sp³-hybridized carbons (Fsp3) is 0.900. The van der Waals surface area contributed by atoms with Crippen molar-refractivity contribution in [2.75, 3.05) is 5.75 Å². The van der Waals surface area contributed by atoms with Crippen LogP contribution in [0.5, 0.6) is 0 Å². The van der Waals surface area contributed by atoms with E-state index < -0.39 is 52.3 Å². The van der Waals surface area contributed by atoms with E-state index in [4.69, 9.17) is 5.11 Å². The number of aliphatic carboxylic acids is 1. The average molecular weight is 301 g/mol. The van der Waals surface area contributed by atoms with Crippen molar-refractivity contribution in [2.24, 2.45) is 5.92 Å². The Bertz CT molecular complexity index is 476. The van der Waals surface area contributed by atoms with Gasteiger partial charge in [-0.1, -0.05) is 0 Å². The third kappa shape index (κ3) is 2.86. The van der Waals surface area contributed by atoms with Gasteiger partial charge in [0.25, 0.3) is 0 Å². The number of alkyl halides is 3. The predicted molar refractivity (Wildman–Crippen MR) is 58.9 cm³/mol. The molecule has 2 heterocycles. The first kappa shape index (κ1) is 14.6. The summed E-state index contributed by atoms with van der Waals surface area (Å²) in [5, 5.41) is 8.98. The van der Waals surface area contributed by atoms with Gasteiger partial charge in [-0.3, -0.25) is 4.79 Å². The summed E-state index contributed by atoms with van der Waals surface area (Å²) in [6.07, 6.45) is -4.79. The van der Waals surface area contributed by atoms with E-state index in [0.717, 1.165) is 4.31 Å². The van der Waals surface area contributed by atoms with E-state index in [9.17, 15) is 26.4 Å². The summed E-state index contributed by atoms with van der Waals surface area (Å²) in [7, 11) is -4.05. The predicted octanol–water partition coefficient (Wildman–Crippen LogP) is 1.21. The molecule has 5 nitrogen and oxygen atoms in total. The minimum atomic E-state index is -4.53. The molecule has 0 aromatic carbocycles. The lowest BCUT2D eigenvalue weighted by Crippen LogP contribution is -2.40. The molecule has 2 bridgehead atoms. The molecule has 19 heavy (non-hydrogen) atoms. The molecule has 0 aromatic heterocycles. The lowest BCUT2D eigenvalue weighted by Gasteiger charge is -2.22. The molecule has 3 unspecified atom stereocenters. The molecule has 1 N–H and O–H groups in total. The summed E-state index contributed by atoms with van der Waals surface area (Å²) < 4.78 is 61.2. The Hall–Kier alpha value is -0.830.